The summed E-state index contributed by atoms with van der Waals surface area (Å²) in [6.07, 6.45) is 34.7. The van der Waals surface area contributed by atoms with Gasteiger partial charge in [0.05, 0.1) is 0 Å². The summed E-state index contributed by atoms with van der Waals surface area (Å²) in [6.45, 7) is 6.45. The summed E-state index contributed by atoms with van der Waals surface area (Å²) in [5.74, 6) is -0.911. The van der Waals surface area contributed by atoms with E-state index in [0.29, 0.717) is 19.3 Å². The Labute approximate surface area is 277 Å². The minimum Gasteiger partial charge on any atom is -0.462 e. The molecule has 0 amide bonds. The quantitative estimate of drug-likeness (QED) is 0.0309. The minimum atomic E-state index is -0.764. The molecule has 1 atom stereocenters. The Bertz CT molecular complexity index is 744. The molecule has 0 radical (unpaired) electrons. The van der Waals surface area contributed by atoms with Gasteiger partial charge in [0.1, 0.15) is 13.2 Å². The Morgan fingerprint density at radius 2 is 0.822 bits per heavy atom. The summed E-state index contributed by atoms with van der Waals surface area (Å²) in [6, 6.07) is 0. The van der Waals surface area contributed by atoms with Gasteiger partial charge < -0.3 is 14.2 Å². The normalized spacial score (nSPS) is 12.2. The van der Waals surface area contributed by atoms with Crippen LogP contribution in [0.5, 0.6) is 0 Å². The summed E-state index contributed by atoms with van der Waals surface area (Å²) >= 11 is 0. The summed E-state index contributed by atoms with van der Waals surface area (Å²) in [4.78, 5) is 37.1. The number of rotatable bonds is 33. The SMILES string of the molecule is CCCC/C=C\C/C=C\CCCCCCCC(=O)OCC(COC(=O)CCCCCCCC)OC(=O)CCCCCCCCC. The van der Waals surface area contributed by atoms with Crippen LogP contribution in [0.2, 0.25) is 0 Å². The zero-order chi connectivity index (χ0) is 33.1. The first-order valence-corrected chi connectivity index (χ1v) is 18.8. The number of unbranched alkanes of at least 4 members (excludes halogenated alkanes) is 18. The van der Waals surface area contributed by atoms with E-state index in [9.17, 15) is 14.4 Å². The summed E-state index contributed by atoms with van der Waals surface area (Å²) in [5.41, 5.74) is 0. The van der Waals surface area contributed by atoms with Crippen LogP contribution in [0.15, 0.2) is 24.3 Å². The number of allylic oxidation sites excluding steroid dienone is 4. The topological polar surface area (TPSA) is 78.9 Å². The molecule has 0 aliphatic rings. The molecule has 0 saturated heterocycles. The second-order valence-electron chi connectivity index (χ2n) is 12.5. The third kappa shape index (κ3) is 33.1. The first-order valence-electron chi connectivity index (χ1n) is 18.8. The number of hydrogen-bond donors (Lipinski definition) is 0. The van der Waals surface area contributed by atoms with Crippen LogP contribution in [0.3, 0.4) is 0 Å². The van der Waals surface area contributed by atoms with Crippen LogP contribution < -0.4 is 0 Å². The fourth-order valence-electron chi connectivity index (χ4n) is 5.04. The van der Waals surface area contributed by atoms with Crippen LogP contribution in [0, 0.1) is 0 Å². The second-order valence-corrected chi connectivity index (χ2v) is 12.5. The van der Waals surface area contributed by atoms with Crippen molar-refractivity contribution < 1.29 is 28.6 Å². The van der Waals surface area contributed by atoms with Gasteiger partial charge in [-0.15, -0.1) is 0 Å². The fraction of sp³-hybridized carbons (Fsp3) is 0.821. The van der Waals surface area contributed by atoms with Crippen molar-refractivity contribution in [3.8, 4) is 0 Å². The van der Waals surface area contributed by atoms with Gasteiger partial charge in [0, 0.05) is 19.3 Å². The van der Waals surface area contributed by atoms with Gasteiger partial charge in [0.15, 0.2) is 6.10 Å². The van der Waals surface area contributed by atoms with E-state index >= 15 is 0 Å². The van der Waals surface area contributed by atoms with Crippen LogP contribution in [-0.2, 0) is 28.6 Å². The molecular weight excluding hydrogens is 564 g/mol. The first-order chi connectivity index (χ1) is 22.0. The Morgan fingerprint density at radius 1 is 0.444 bits per heavy atom. The van der Waals surface area contributed by atoms with Gasteiger partial charge in [0.25, 0.3) is 0 Å². The molecule has 0 spiro atoms. The Morgan fingerprint density at radius 3 is 1.29 bits per heavy atom. The van der Waals surface area contributed by atoms with Crippen molar-refractivity contribution in [2.24, 2.45) is 0 Å². The van der Waals surface area contributed by atoms with Crippen molar-refractivity contribution in [1.82, 2.24) is 0 Å². The van der Waals surface area contributed by atoms with Gasteiger partial charge in [-0.05, 0) is 44.9 Å². The average molecular weight is 635 g/mol. The molecule has 0 saturated carbocycles. The molecule has 0 aliphatic heterocycles. The lowest BCUT2D eigenvalue weighted by Gasteiger charge is -2.18. The molecule has 6 heteroatoms. The standard InChI is InChI=1S/C39H70O6/c1-4-7-10-13-16-17-18-19-20-21-22-24-26-29-32-38(41)44-35-36(34-43-37(40)31-28-25-15-12-9-6-3)45-39(42)33-30-27-23-14-11-8-5-2/h13,16,18-19,36H,4-12,14-15,17,20-35H2,1-3H3/b16-13-,19-18-. The van der Waals surface area contributed by atoms with E-state index in [4.69, 9.17) is 14.2 Å². The molecule has 1 unspecified atom stereocenters. The van der Waals surface area contributed by atoms with Gasteiger partial charge in [-0.25, -0.2) is 0 Å². The van der Waals surface area contributed by atoms with Gasteiger partial charge in [-0.1, -0.05) is 148 Å². The fourth-order valence-corrected chi connectivity index (χ4v) is 5.04. The lowest BCUT2D eigenvalue weighted by Crippen LogP contribution is -2.30. The molecule has 262 valence electrons. The number of hydrogen-bond acceptors (Lipinski definition) is 6. The zero-order valence-electron chi connectivity index (χ0n) is 29.6. The Balaban J connectivity index is 4.29. The molecule has 0 aromatic heterocycles. The molecular formula is C39H70O6. The van der Waals surface area contributed by atoms with E-state index in [1.807, 2.05) is 0 Å². The Kier molecular flexibility index (Phi) is 33.1. The van der Waals surface area contributed by atoms with Crippen molar-refractivity contribution >= 4 is 17.9 Å². The molecule has 0 aromatic carbocycles. The summed E-state index contributed by atoms with van der Waals surface area (Å²) in [5, 5.41) is 0. The van der Waals surface area contributed by atoms with E-state index in [1.165, 1.54) is 70.6 Å². The molecule has 0 fully saturated rings. The predicted octanol–water partition coefficient (Wildman–Crippen LogP) is 11.3. The van der Waals surface area contributed by atoms with Gasteiger partial charge in [-0.3, -0.25) is 14.4 Å². The third-order valence-corrected chi connectivity index (χ3v) is 7.96. The summed E-state index contributed by atoms with van der Waals surface area (Å²) in [7, 11) is 0. The molecule has 0 N–H and O–H groups in total. The monoisotopic (exact) mass is 635 g/mol. The molecule has 0 rings (SSSR count). The average Bonchev–Trinajstić information content (AvgIpc) is 3.03. The lowest BCUT2D eigenvalue weighted by atomic mass is 10.1. The van der Waals surface area contributed by atoms with Crippen LogP contribution in [0.1, 0.15) is 188 Å². The van der Waals surface area contributed by atoms with Crippen LogP contribution in [0.4, 0.5) is 0 Å². The van der Waals surface area contributed by atoms with E-state index in [-0.39, 0.29) is 31.1 Å². The first kappa shape index (κ1) is 42.9. The van der Waals surface area contributed by atoms with E-state index in [0.717, 1.165) is 77.0 Å². The lowest BCUT2D eigenvalue weighted by molar-refractivity contribution is -0.167. The largest absolute Gasteiger partial charge is 0.462 e. The number of carbonyl (C=O) groups excluding carboxylic acids is 3. The van der Waals surface area contributed by atoms with Gasteiger partial charge in [-0.2, -0.15) is 0 Å². The van der Waals surface area contributed by atoms with Crippen molar-refractivity contribution in [2.75, 3.05) is 13.2 Å². The maximum absolute atomic E-state index is 12.5. The van der Waals surface area contributed by atoms with Gasteiger partial charge >= 0.3 is 17.9 Å². The highest BCUT2D eigenvalue weighted by molar-refractivity contribution is 5.71. The number of esters is 3. The molecule has 6 nitrogen and oxygen atoms in total. The zero-order valence-corrected chi connectivity index (χ0v) is 29.6. The highest BCUT2D eigenvalue weighted by Crippen LogP contribution is 2.12. The van der Waals surface area contributed by atoms with Crippen LogP contribution >= 0.6 is 0 Å². The second kappa shape index (κ2) is 34.8. The van der Waals surface area contributed by atoms with Crippen LogP contribution in [-0.4, -0.2) is 37.2 Å². The van der Waals surface area contributed by atoms with Gasteiger partial charge in [0.2, 0.25) is 0 Å². The smallest absolute Gasteiger partial charge is 0.306 e. The highest BCUT2D eigenvalue weighted by atomic mass is 16.6. The van der Waals surface area contributed by atoms with Crippen molar-refractivity contribution in [3.63, 3.8) is 0 Å². The Hall–Kier alpha value is -2.11. The van der Waals surface area contributed by atoms with E-state index in [2.05, 4.69) is 45.1 Å². The van der Waals surface area contributed by atoms with E-state index in [1.54, 1.807) is 0 Å². The van der Waals surface area contributed by atoms with Crippen molar-refractivity contribution in [2.45, 2.75) is 194 Å². The maximum atomic E-state index is 12.5. The molecule has 0 aromatic rings. The number of ether oxygens (including phenoxy) is 3. The third-order valence-electron chi connectivity index (χ3n) is 7.96. The maximum Gasteiger partial charge on any atom is 0.306 e. The predicted molar refractivity (Wildman–Crippen MR) is 187 cm³/mol. The van der Waals surface area contributed by atoms with Crippen LogP contribution in [0.25, 0.3) is 0 Å². The molecule has 0 heterocycles. The molecule has 0 bridgehead atoms. The minimum absolute atomic E-state index is 0.0751. The molecule has 0 aliphatic carbocycles. The number of carbonyl (C=O) groups is 3. The van der Waals surface area contributed by atoms with Crippen molar-refractivity contribution in [1.29, 1.82) is 0 Å². The highest BCUT2D eigenvalue weighted by Gasteiger charge is 2.19. The van der Waals surface area contributed by atoms with Crippen molar-refractivity contribution in [3.05, 3.63) is 24.3 Å². The molecule has 45 heavy (non-hydrogen) atoms. The summed E-state index contributed by atoms with van der Waals surface area (Å²) < 4.78 is 16.5. The van der Waals surface area contributed by atoms with E-state index < -0.39 is 6.10 Å².